The molecule has 0 bridgehead atoms. The Labute approximate surface area is 102 Å². The zero-order valence-corrected chi connectivity index (χ0v) is 9.68. The van der Waals surface area contributed by atoms with Crippen LogP contribution in [0, 0.1) is 10.1 Å². The molecule has 1 aromatic heterocycles. The van der Waals surface area contributed by atoms with Gasteiger partial charge in [-0.25, -0.2) is 0 Å². The molecule has 0 aliphatic heterocycles. The van der Waals surface area contributed by atoms with Gasteiger partial charge in [-0.1, -0.05) is 11.6 Å². The Balaban J connectivity index is 2.37. The van der Waals surface area contributed by atoms with E-state index in [2.05, 4.69) is 10.4 Å². The van der Waals surface area contributed by atoms with E-state index in [0.29, 0.717) is 16.5 Å². The largest absolute Gasteiger partial charge is 0.333 e. The molecule has 1 heterocycles. The van der Waals surface area contributed by atoms with Crippen molar-refractivity contribution in [3.05, 3.63) is 45.6 Å². The summed E-state index contributed by atoms with van der Waals surface area (Å²) >= 11 is 5.80. The summed E-state index contributed by atoms with van der Waals surface area (Å²) in [5, 5.41) is 18.2. The minimum absolute atomic E-state index is 0.0416. The average Bonchev–Trinajstić information content (AvgIpc) is 2.63. The molecule has 7 heteroatoms. The Morgan fingerprint density at radius 3 is 2.82 bits per heavy atom. The molecule has 0 atom stereocenters. The Bertz CT molecular complexity index is 567. The van der Waals surface area contributed by atoms with E-state index in [1.54, 1.807) is 24.0 Å². The van der Waals surface area contributed by atoms with Crippen LogP contribution in [0.15, 0.2) is 30.5 Å². The third-order valence-electron chi connectivity index (χ3n) is 2.13. The van der Waals surface area contributed by atoms with Gasteiger partial charge in [0.25, 0.3) is 5.69 Å². The molecular weight excluding hydrogens is 244 g/mol. The van der Waals surface area contributed by atoms with Gasteiger partial charge in [-0.15, -0.1) is 0 Å². The monoisotopic (exact) mass is 252 g/mol. The zero-order chi connectivity index (χ0) is 12.4. The fraction of sp³-hybridized carbons (Fsp3) is 0.100. The highest BCUT2D eigenvalue weighted by atomic mass is 35.5. The lowest BCUT2D eigenvalue weighted by atomic mass is 10.2. The highest BCUT2D eigenvalue weighted by Crippen LogP contribution is 2.29. The molecule has 0 amide bonds. The smallest absolute Gasteiger partial charge is 0.292 e. The fourth-order valence-corrected chi connectivity index (χ4v) is 1.56. The van der Waals surface area contributed by atoms with Gasteiger partial charge in [0.15, 0.2) is 5.82 Å². The average molecular weight is 253 g/mol. The summed E-state index contributed by atoms with van der Waals surface area (Å²) in [5.41, 5.74) is 0.279. The molecule has 88 valence electrons. The lowest BCUT2D eigenvalue weighted by Crippen LogP contribution is -1.98. The first-order valence-electron chi connectivity index (χ1n) is 4.77. The number of nitrogens with zero attached hydrogens (tertiary/aromatic N) is 3. The first kappa shape index (κ1) is 11.4. The lowest BCUT2D eigenvalue weighted by Gasteiger charge is -2.04. The topological polar surface area (TPSA) is 73.0 Å². The number of nitro benzene ring substituents is 1. The number of halogens is 1. The molecule has 0 aliphatic rings. The van der Waals surface area contributed by atoms with Crippen molar-refractivity contribution in [2.24, 2.45) is 7.05 Å². The van der Waals surface area contributed by atoms with Crippen LogP contribution >= 0.6 is 11.6 Å². The van der Waals surface area contributed by atoms with Crippen LogP contribution in [-0.4, -0.2) is 14.7 Å². The Morgan fingerprint density at radius 2 is 2.24 bits per heavy atom. The number of hydrogen-bond donors (Lipinski definition) is 1. The van der Waals surface area contributed by atoms with Crippen LogP contribution in [0.4, 0.5) is 17.2 Å². The molecule has 0 saturated heterocycles. The number of nitrogens with one attached hydrogen (secondary N) is 1. The van der Waals surface area contributed by atoms with Crippen LogP contribution in [0.2, 0.25) is 5.02 Å². The maximum absolute atomic E-state index is 10.8. The van der Waals surface area contributed by atoms with Crippen molar-refractivity contribution >= 4 is 28.8 Å². The normalized spacial score (nSPS) is 10.2. The minimum atomic E-state index is -0.471. The first-order chi connectivity index (χ1) is 8.06. The molecule has 1 aromatic carbocycles. The van der Waals surface area contributed by atoms with Gasteiger partial charge in [0.2, 0.25) is 0 Å². The van der Waals surface area contributed by atoms with Gasteiger partial charge in [0, 0.05) is 30.4 Å². The number of nitro groups is 1. The van der Waals surface area contributed by atoms with Gasteiger partial charge in [-0.05, 0) is 12.1 Å². The second kappa shape index (κ2) is 4.42. The van der Waals surface area contributed by atoms with Gasteiger partial charge in [0.05, 0.1) is 4.92 Å². The number of hydrogen-bond acceptors (Lipinski definition) is 4. The number of benzene rings is 1. The molecule has 0 saturated carbocycles. The van der Waals surface area contributed by atoms with Crippen LogP contribution in [-0.2, 0) is 7.05 Å². The van der Waals surface area contributed by atoms with E-state index in [1.165, 1.54) is 18.2 Å². The lowest BCUT2D eigenvalue weighted by molar-refractivity contribution is -0.383. The maximum atomic E-state index is 10.8. The van der Waals surface area contributed by atoms with Gasteiger partial charge in [-0.2, -0.15) is 5.10 Å². The summed E-state index contributed by atoms with van der Waals surface area (Å²) in [4.78, 5) is 10.4. The molecule has 0 unspecified atom stereocenters. The molecule has 0 fully saturated rings. The summed E-state index contributed by atoms with van der Waals surface area (Å²) < 4.78 is 1.60. The molecule has 17 heavy (non-hydrogen) atoms. The van der Waals surface area contributed by atoms with E-state index in [0.717, 1.165) is 0 Å². The predicted molar refractivity (Wildman–Crippen MR) is 64.6 cm³/mol. The van der Waals surface area contributed by atoms with Crippen molar-refractivity contribution in [3.63, 3.8) is 0 Å². The summed E-state index contributed by atoms with van der Waals surface area (Å²) in [5.74, 6) is 0.526. The van der Waals surface area contributed by atoms with Crippen LogP contribution < -0.4 is 5.32 Å². The molecule has 1 N–H and O–H groups in total. The fourth-order valence-electron chi connectivity index (χ4n) is 1.39. The van der Waals surface area contributed by atoms with E-state index in [1.807, 2.05) is 0 Å². The van der Waals surface area contributed by atoms with Crippen molar-refractivity contribution in [2.75, 3.05) is 5.32 Å². The van der Waals surface area contributed by atoms with E-state index < -0.39 is 4.92 Å². The van der Waals surface area contributed by atoms with Gasteiger partial charge < -0.3 is 5.32 Å². The number of aromatic nitrogens is 2. The molecule has 2 aromatic rings. The van der Waals surface area contributed by atoms with Crippen molar-refractivity contribution < 1.29 is 4.92 Å². The summed E-state index contributed by atoms with van der Waals surface area (Å²) in [6.07, 6.45) is 1.73. The molecule has 2 rings (SSSR count). The molecule has 6 nitrogen and oxygen atoms in total. The Morgan fingerprint density at radius 1 is 1.47 bits per heavy atom. The molecule has 0 radical (unpaired) electrons. The third-order valence-corrected chi connectivity index (χ3v) is 2.37. The van der Waals surface area contributed by atoms with Crippen LogP contribution in [0.1, 0.15) is 0 Å². The summed E-state index contributed by atoms with van der Waals surface area (Å²) in [6, 6.07) is 6.04. The third kappa shape index (κ3) is 2.54. The summed E-state index contributed by atoms with van der Waals surface area (Å²) in [7, 11) is 1.76. The second-order valence-corrected chi connectivity index (χ2v) is 3.85. The number of rotatable bonds is 3. The van der Waals surface area contributed by atoms with Crippen molar-refractivity contribution in [3.8, 4) is 0 Å². The van der Waals surface area contributed by atoms with Gasteiger partial charge in [-0.3, -0.25) is 14.8 Å². The van der Waals surface area contributed by atoms with Crippen molar-refractivity contribution in [2.45, 2.75) is 0 Å². The molecule has 0 aliphatic carbocycles. The maximum Gasteiger partial charge on any atom is 0.292 e. The minimum Gasteiger partial charge on any atom is -0.333 e. The predicted octanol–water partition coefficient (Wildman–Crippen LogP) is 2.73. The SMILES string of the molecule is Cn1ccc(Nc2cc(Cl)ccc2[N+](=O)[O-])n1. The van der Waals surface area contributed by atoms with Crippen molar-refractivity contribution in [1.29, 1.82) is 0 Å². The van der Waals surface area contributed by atoms with Gasteiger partial charge >= 0.3 is 0 Å². The summed E-state index contributed by atoms with van der Waals surface area (Å²) in [6.45, 7) is 0. The Kier molecular flexibility index (Phi) is 2.97. The second-order valence-electron chi connectivity index (χ2n) is 3.42. The van der Waals surface area contributed by atoms with Crippen LogP contribution in [0.3, 0.4) is 0 Å². The van der Waals surface area contributed by atoms with Crippen LogP contribution in [0.25, 0.3) is 0 Å². The molecule has 0 spiro atoms. The van der Waals surface area contributed by atoms with Gasteiger partial charge in [0.1, 0.15) is 5.69 Å². The highest BCUT2D eigenvalue weighted by molar-refractivity contribution is 6.31. The van der Waals surface area contributed by atoms with Crippen molar-refractivity contribution in [1.82, 2.24) is 9.78 Å². The zero-order valence-electron chi connectivity index (χ0n) is 8.92. The first-order valence-corrected chi connectivity index (χ1v) is 5.14. The van der Waals surface area contributed by atoms with E-state index in [4.69, 9.17) is 11.6 Å². The highest BCUT2D eigenvalue weighted by Gasteiger charge is 2.14. The van der Waals surface area contributed by atoms with E-state index in [9.17, 15) is 10.1 Å². The quantitative estimate of drug-likeness (QED) is 0.673. The van der Waals surface area contributed by atoms with E-state index >= 15 is 0 Å². The number of anilines is 2. The van der Waals surface area contributed by atoms with Crippen LogP contribution in [0.5, 0.6) is 0 Å². The Hall–Kier alpha value is -2.08. The van der Waals surface area contributed by atoms with E-state index in [-0.39, 0.29) is 5.69 Å². The standard InChI is InChI=1S/C10H9ClN4O2/c1-14-5-4-10(13-14)12-8-6-7(11)2-3-9(8)15(16)17/h2-6H,1H3,(H,12,13). The number of aryl methyl sites for hydroxylation is 1. The molecular formula is C10H9ClN4O2.